The molecule has 1 aromatic carbocycles. The van der Waals surface area contributed by atoms with Crippen molar-refractivity contribution in [3.8, 4) is 0 Å². The maximum Gasteiger partial charge on any atom is 0.326 e. The second-order valence-corrected chi connectivity index (χ2v) is 12.7. The second-order valence-electron chi connectivity index (χ2n) is 12.7. The Morgan fingerprint density at radius 2 is 1.29 bits per heavy atom. The quantitative estimate of drug-likeness (QED) is 0.0742. The number of carboxylic acids is 3. The van der Waals surface area contributed by atoms with Gasteiger partial charge in [-0.3, -0.25) is 38.4 Å². The van der Waals surface area contributed by atoms with Crippen LogP contribution in [-0.2, 0) is 49.6 Å². The molecule has 0 radical (unpaired) electrons. The van der Waals surface area contributed by atoms with Gasteiger partial charge in [-0.1, -0.05) is 30.3 Å². The molecule has 284 valence electrons. The van der Waals surface area contributed by atoms with Gasteiger partial charge >= 0.3 is 17.9 Å². The fourth-order valence-corrected chi connectivity index (χ4v) is 6.20. The van der Waals surface area contributed by atoms with E-state index in [2.05, 4.69) is 16.0 Å². The summed E-state index contributed by atoms with van der Waals surface area (Å²) in [7, 11) is 0. The van der Waals surface area contributed by atoms with Gasteiger partial charge in [0.15, 0.2) is 0 Å². The Labute approximate surface area is 298 Å². The van der Waals surface area contributed by atoms with Crippen molar-refractivity contribution in [2.75, 3.05) is 13.1 Å². The van der Waals surface area contributed by atoms with Gasteiger partial charge in [-0.25, -0.2) is 4.79 Å². The van der Waals surface area contributed by atoms with Crippen LogP contribution >= 0.6 is 0 Å². The van der Waals surface area contributed by atoms with Gasteiger partial charge in [-0.2, -0.15) is 0 Å². The van der Waals surface area contributed by atoms with Gasteiger partial charge in [0, 0.05) is 32.4 Å². The zero-order valence-corrected chi connectivity index (χ0v) is 28.4. The predicted octanol–water partition coefficient (Wildman–Crippen LogP) is -2.32. The van der Waals surface area contributed by atoms with Gasteiger partial charge in [0.1, 0.15) is 30.2 Å². The molecule has 0 bridgehead atoms. The van der Waals surface area contributed by atoms with Crippen molar-refractivity contribution in [3.05, 3.63) is 35.9 Å². The monoisotopic (exact) mass is 731 g/mol. The minimum atomic E-state index is -1.76. The van der Waals surface area contributed by atoms with Crippen molar-refractivity contribution < 1.29 is 58.5 Å². The van der Waals surface area contributed by atoms with Crippen LogP contribution in [0.15, 0.2) is 30.3 Å². The number of hydrogen-bond acceptors (Lipinski definition) is 10. The van der Waals surface area contributed by atoms with Crippen LogP contribution in [0.4, 0.5) is 0 Å². The van der Waals surface area contributed by atoms with Crippen molar-refractivity contribution >= 4 is 53.4 Å². The number of aliphatic carboxylic acids is 3. The number of carboxylic acid groups (broad SMARTS) is 3. The number of nitrogens with two attached hydrogens (primary N) is 2. The molecular formula is C33H45N7O12. The Balaban J connectivity index is 1.81. The third-order valence-electron chi connectivity index (χ3n) is 8.87. The van der Waals surface area contributed by atoms with Crippen molar-refractivity contribution in [2.45, 2.75) is 100 Å². The molecule has 0 aromatic heterocycles. The molecule has 10 N–H and O–H groups in total. The Morgan fingerprint density at radius 3 is 1.87 bits per heavy atom. The largest absolute Gasteiger partial charge is 0.481 e. The lowest BCUT2D eigenvalue weighted by Crippen LogP contribution is -2.59. The predicted molar refractivity (Wildman–Crippen MR) is 179 cm³/mol. The molecule has 2 aliphatic rings. The normalized spacial score (nSPS) is 19.1. The first-order chi connectivity index (χ1) is 24.6. The highest BCUT2D eigenvalue weighted by Gasteiger charge is 2.42. The fourth-order valence-electron chi connectivity index (χ4n) is 6.20. The van der Waals surface area contributed by atoms with Gasteiger partial charge < -0.3 is 52.5 Å². The minimum absolute atomic E-state index is 0.0306. The Bertz CT molecular complexity index is 1520. The zero-order chi connectivity index (χ0) is 38.5. The highest BCUT2D eigenvalue weighted by molar-refractivity contribution is 5.97. The van der Waals surface area contributed by atoms with Crippen molar-refractivity contribution in [1.29, 1.82) is 0 Å². The van der Waals surface area contributed by atoms with E-state index in [0.29, 0.717) is 18.4 Å². The van der Waals surface area contributed by atoms with Crippen molar-refractivity contribution in [3.63, 3.8) is 0 Å². The lowest BCUT2D eigenvalue weighted by atomic mass is 10.0. The smallest absolute Gasteiger partial charge is 0.326 e. The standard InChI is InChI=1S/C33H45N7O12/c34-19(10-13-26(42)43)28(46)37-21(17-27(44)45)29(47)36-20(11-12-25(35)41)31(49)39-14-4-8-23(39)30(48)38-22(16-18-6-2-1-3-7-18)32(50)40-15-5-9-24(40)33(51)52/h1-3,6-7,19-24H,4-5,8-17,34H2,(H2,35,41)(H,36,47)(H,37,46)(H,38,48)(H,42,43)(H,44,45)(H,51,52)/t19-,20-,21-,22-,23-,24-/m0/s1. The molecule has 52 heavy (non-hydrogen) atoms. The molecule has 1 aromatic rings. The first kappa shape index (κ1) is 40.8. The lowest BCUT2D eigenvalue weighted by Gasteiger charge is -2.32. The minimum Gasteiger partial charge on any atom is -0.481 e. The van der Waals surface area contributed by atoms with Crippen LogP contribution < -0.4 is 27.4 Å². The number of rotatable bonds is 19. The number of primary amides is 1. The van der Waals surface area contributed by atoms with Gasteiger partial charge in [0.05, 0.1) is 12.5 Å². The number of amides is 6. The Kier molecular flexibility index (Phi) is 15.0. The summed E-state index contributed by atoms with van der Waals surface area (Å²) < 4.78 is 0. The fraction of sp³-hybridized carbons (Fsp3) is 0.545. The summed E-state index contributed by atoms with van der Waals surface area (Å²) in [4.78, 5) is 116. The van der Waals surface area contributed by atoms with Crippen LogP contribution in [0.5, 0.6) is 0 Å². The molecule has 2 fully saturated rings. The van der Waals surface area contributed by atoms with E-state index in [0.717, 1.165) is 4.90 Å². The molecule has 2 saturated heterocycles. The second kappa shape index (κ2) is 19.1. The zero-order valence-electron chi connectivity index (χ0n) is 28.4. The highest BCUT2D eigenvalue weighted by Crippen LogP contribution is 2.23. The SMILES string of the molecule is NC(=O)CC[C@H](NC(=O)[C@H](CC(=O)O)NC(=O)[C@@H](N)CCC(=O)O)C(=O)N1CCC[C@H]1C(=O)N[C@@H](Cc1ccccc1)C(=O)N1CCC[C@H]1C(=O)O. The van der Waals surface area contributed by atoms with Crippen molar-refractivity contribution in [1.82, 2.24) is 25.8 Å². The molecule has 3 rings (SSSR count). The van der Waals surface area contributed by atoms with Gasteiger partial charge in [0.25, 0.3) is 0 Å². The van der Waals surface area contributed by atoms with Gasteiger partial charge in [0.2, 0.25) is 35.4 Å². The average molecular weight is 732 g/mol. The lowest BCUT2D eigenvalue weighted by molar-refractivity contribution is -0.150. The maximum atomic E-state index is 13.9. The van der Waals surface area contributed by atoms with Crippen LogP contribution in [0.25, 0.3) is 0 Å². The van der Waals surface area contributed by atoms with E-state index in [1.807, 2.05) is 0 Å². The summed E-state index contributed by atoms with van der Waals surface area (Å²) in [5.41, 5.74) is 11.7. The van der Waals surface area contributed by atoms with E-state index >= 15 is 0 Å². The number of carbonyl (C=O) groups is 9. The van der Waals surface area contributed by atoms with Gasteiger partial charge in [-0.05, 0) is 44.1 Å². The van der Waals surface area contributed by atoms with E-state index < -0.39 is 109 Å². The van der Waals surface area contributed by atoms with Crippen LogP contribution in [0.1, 0.15) is 63.4 Å². The summed E-state index contributed by atoms with van der Waals surface area (Å²) in [5, 5.41) is 35.1. The molecule has 19 heteroatoms. The summed E-state index contributed by atoms with van der Waals surface area (Å²) >= 11 is 0. The van der Waals surface area contributed by atoms with Crippen LogP contribution in [0.3, 0.4) is 0 Å². The maximum absolute atomic E-state index is 13.9. The third-order valence-corrected chi connectivity index (χ3v) is 8.87. The molecule has 0 unspecified atom stereocenters. The van der Waals surface area contributed by atoms with E-state index in [9.17, 15) is 53.4 Å². The first-order valence-corrected chi connectivity index (χ1v) is 16.8. The molecule has 2 aliphatic heterocycles. The molecule has 2 heterocycles. The summed E-state index contributed by atoms with van der Waals surface area (Å²) in [6.45, 7) is 0.224. The summed E-state index contributed by atoms with van der Waals surface area (Å²) in [6.07, 6.45) is -1.21. The molecular weight excluding hydrogens is 686 g/mol. The average Bonchev–Trinajstić information content (AvgIpc) is 3.79. The van der Waals surface area contributed by atoms with Crippen LogP contribution in [-0.4, -0.2) is 128 Å². The highest BCUT2D eigenvalue weighted by atomic mass is 16.4. The van der Waals surface area contributed by atoms with Crippen LogP contribution in [0.2, 0.25) is 0 Å². The molecule has 6 atom stereocenters. The van der Waals surface area contributed by atoms with Crippen LogP contribution in [0, 0.1) is 0 Å². The van der Waals surface area contributed by atoms with Gasteiger partial charge in [-0.15, -0.1) is 0 Å². The number of hydrogen-bond donors (Lipinski definition) is 8. The first-order valence-electron chi connectivity index (χ1n) is 16.8. The number of carbonyl (C=O) groups excluding carboxylic acids is 6. The van der Waals surface area contributed by atoms with E-state index in [4.69, 9.17) is 16.6 Å². The molecule has 19 nitrogen and oxygen atoms in total. The van der Waals surface area contributed by atoms with E-state index in [1.54, 1.807) is 30.3 Å². The van der Waals surface area contributed by atoms with E-state index in [1.165, 1.54) is 4.90 Å². The summed E-state index contributed by atoms with van der Waals surface area (Å²) in [6, 6.07) is 0.703. The molecule has 0 spiro atoms. The number of likely N-dealkylation sites (tertiary alicyclic amines) is 2. The third kappa shape index (κ3) is 11.7. The van der Waals surface area contributed by atoms with Crippen molar-refractivity contribution in [2.24, 2.45) is 11.5 Å². The number of nitrogens with zero attached hydrogens (tertiary/aromatic N) is 2. The topological polar surface area (TPSA) is 309 Å². The Hall–Kier alpha value is -5.59. The van der Waals surface area contributed by atoms with E-state index in [-0.39, 0.29) is 45.2 Å². The molecule has 0 aliphatic carbocycles. The molecule has 0 saturated carbocycles. The number of nitrogens with one attached hydrogen (secondary N) is 3. The Morgan fingerprint density at radius 1 is 0.712 bits per heavy atom. The summed E-state index contributed by atoms with van der Waals surface area (Å²) in [5.74, 6) is -8.99. The number of benzene rings is 1. The molecule has 6 amide bonds.